The molecule has 4 atom stereocenters. The maximum atomic E-state index is 15.0. The Morgan fingerprint density at radius 1 is 1.20 bits per heavy atom. The van der Waals surface area contributed by atoms with Crippen LogP contribution in [-0.2, 0) is 6.80 Å². The molecule has 0 radical (unpaired) electrons. The van der Waals surface area contributed by atoms with Gasteiger partial charge in [0.2, 0.25) is 0 Å². The molecule has 2 fully saturated rings. The van der Waals surface area contributed by atoms with Gasteiger partial charge in [-0.05, 0) is 68.0 Å². The SMILES string of the molecule is CC1CC2CC(N(C)c3ccc(-c4cc(F)c(-c5ccn(CF)c(=O)c5)cc4O)nn3)CC1(C)N2. The first-order valence-electron chi connectivity index (χ1n) is 11.8. The third-order valence-corrected chi connectivity index (χ3v) is 7.83. The second-order valence-electron chi connectivity index (χ2n) is 10.1. The number of piperidine rings is 1. The topological polar surface area (TPSA) is 83.3 Å². The maximum absolute atomic E-state index is 15.0. The summed E-state index contributed by atoms with van der Waals surface area (Å²) in [6.07, 6.45) is 4.50. The predicted octanol–water partition coefficient (Wildman–Crippen LogP) is 4.10. The summed E-state index contributed by atoms with van der Waals surface area (Å²) in [4.78, 5) is 14.1. The zero-order valence-corrected chi connectivity index (χ0v) is 20.0. The number of halogens is 2. The van der Waals surface area contributed by atoms with Gasteiger partial charge in [-0.25, -0.2) is 8.78 Å². The van der Waals surface area contributed by atoms with E-state index in [-0.39, 0.29) is 28.0 Å². The zero-order valence-electron chi connectivity index (χ0n) is 20.0. The molecule has 0 spiro atoms. The number of nitrogens with one attached hydrogen (secondary N) is 1. The van der Waals surface area contributed by atoms with Crippen LogP contribution in [0.2, 0.25) is 0 Å². The van der Waals surface area contributed by atoms with Crippen LogP contribution in [0.15, 0.2) is 47.4 Å². The number of alkyl halides is 1. The Morgan fingerprint density at radius 3 is 2.66 bits per heavy atom. The molecule has 0 amide bonds. The molecule has 0 saturated carbocycles. The van der Waals surface area contributed by atoms with Crippen LogP contribution in [0.5, 0.6) is 5.75 Å². The summed E-state index contributed by atoms with van der Waals surface area (Å²) in [6.45, 7) is 3.63. The highest BCUT2D eigenvalue weighted by atomic mass is 19.1. The number of phenols is 1. The minimum absolute atomic E-state index is 0.0435. The number of hydrogen-bond donors (Lipinski definition) is 2. The van der Waals surface area contributed by atoms with E-state index >= 15 is 0 Å². The highest BCUT2D eigenvalue weighted by Gasteiger charge is 2.47. The molecule has 35 heavy (non-hydrogen) atoms. The Kier molecular flexibility index (Phi) is 5.83. The average molecular weight is 482 g/mol. The van der Waals surface area contributed by atoms with Crippen molar-refractivity contribution < 1.29 is 13.9 Å². The lowest BCUT2D eigenvalue weighted by atomic mass is 9.83. The first kappa shape index (κ1) is 23.4. The van der Waals surface area contributed by atoms with Gasteiger partial charge < -0.3 is 15.3 Å². The van der Waals surface area contributed by atoms with Crippen LogP contribution in [0, 0.1) is 11.7 Å². The first-order chi connectivity index (χ1) is 16.7. The lowest BCUT2D eigenvalue weighted by Gasteiger charge is -2.42. The van der Waals surface area contributed by atoms with Crippen molar-refractivity contribution in [3.63, 3.8) is 0 Å². The molecule has 2 bridgehead atoms. The Bertz CT molecular complexity index is 1310. The monoisotopic (exact) mass is 481 g/mol. The van der Waals surface area contributed by atoms with Gasteiger partial charge >= 0.3 is 0 Å². The van der Waals surface area contributed by atoms with Gasteiger partial charge in [0.15, 0.2) is 12.6 Å². The lowest BCUT2D eigenvalue weighted by molar-refractivity contribution is 0.233. The number of aromatic nitrogens is 3. The van der Waals surface area contributed by atoms with Gasteiger partial charge in [0, 0.05) is 48.1 Å². The third kappa shape index (κ3) is 4.18. The molecule has 2 aromatic heterocycles. The van der Waals surface area contributed by atoms with Crippen molar-refractivity contribution in [1.29, 1.82) is 0 Å². The van der Waals surface area contributed by atoms with Crippen molar-refractivity contribution in [2.45, 2.75) is 57.5 Å². The molecule has 2 N–H and O–H groups in total. The van der Waals surface area contributed by atoms with E-state index in [0.29, 0.717) is 23.7 Å². The predicted molar refractivity (Wildman–Crippen MR) is 130 cm³/mol. The Hall–Kier alpha value is -3.33. The van der Waals surface area contributed by atoms with E-state index in [1.54, 1.807) is 6.07 Å². The summed E-state index contributed by atoms with van der Waals surface area (Å²) in [5.41, 5.74) is 0.361. The summed E-state index contributed by atoms with van der Waals surface area (Å²) < 4.78 is 28.6. The number of rotatable bonds is 5. The number of anilines is 1. The number of phenolic OH excluding ortho intramolecular Hbond substituents is 1. The minimum atomic E-state index is -0.966. The summed E-state index contributed by atoms with van der Waals surface area (Å²) in [5, 5.41) is 23.0. The van der Waals surface area contributed by atoms with Gasteiger partial charge in [-0.2, -0.15) is 0 Å². The number of benzene rings is 1. The Balaban J connectivity index is 1.38. The van der Waals surface area contributed by atoms with Crippen LogP contribution in [0.4, 0.5) is 14.6 Å². The Labute approximate surface area is 202 Å². The van der Waals surface area contributed by atoms with E-state index in [9.17, 15) is 18.7 Å². The van der Waals surface area contributed by atoms with Crippen molar-refractivity contribution in [2.24, 2.45) is 5.92 Å². The fraction of sp³-hybridized carbons (Fsp3) is 0.423. The number of hydrogen-bond acceptors (Lipinski definition) is 6. The fourth-order valence-electron chi connectivity index (χ4n) is 5.57. The molecule has 7 nitrogen and oxygen atoms in total. The smallest absolute Gasteiger partial charge is 0.253 e. The zero-order chi connectivity index (χ0) is 24.9. The second kappa shape index (κ2) is 8.71. The fourth-order valence-corrected chi connectivity index (χ4v) is 5.57. The van der Waals surface area contributed by atoms with Crippen LogP contribution in [0.3, 0.4) is 0 Å². The van der Waals surface area contributed by atoms with Crippen molar-refractivity contribution in [2.75, 3.05) is 11.9 Å². The van der Waals surface area contributed by atoms with Crippen LogP contribution in [0.1, 0.15) is 33.1 Å². The highest BCUT2D eigenvalue weighted by Crippen LogP contribution is 2.42. The van der Waals surface area contributed by atoms with Crippen LogP contribution < -0.4 is 15.8 Å². The summed E-state index contributed by atoms with van der Waals surface area (Å²) in [6, 6.07) is 9.38. The van der Waals surface area contributed by atoms with Crippen molar-refractivity contribution in [3.8, 4) is 28.1 Å². The van der Waals surface area contributed by atoms with E-state index < -0.39 is 18.2 Å². The van der Waals surface area contributed by atoms with Gasteiger partial charge in [-0.1, -0.05) is 6.92 Å². The quantitative estimate of drug-likeness (QED) is 0.571. The molecule has 4 heterocycles. The van der Waals surface area contributed by atoms with Crippen molar-refractivity contribution in [3.05, 3.63) is 58.8 Å². The van der Waals surface area contributed by atoms with Crippen molar-refractivity contribution in [1.82, 2.24) is 20.1 Å². The molecule has 0 aliphatic carbocycles. The molecule has 184 valence electrons. The minimum Gasteiger partial charge on any atom is -0.507 e. The van der Waals surface area contributed by atoms with E-state index in [1.807, 2.05) is 13.1 Å². The van der Waals surface area contributed by atoms with Crippen molar-refractivity contribution >= 4 is 5.82 Å². The van der Waals surface area contributed by atoms with Gasteiger partial charge in [0.1, 0.15) is 11.6 Å². The average Bonchev–Trinajstić information content (AvgIpc) is 3.05. The van der Waals surface area contributed by atoms with Crippen LogP contribution in [0.25, 0.3) is 22.4 Å². The number of nitrogens with zero attached hydrogens (tertiary/aromatic N) is 4. The van der Waals surface area contributed by atoms with Gasteiger partial charge in [0.05, 0.1) is 5.69 Å². The largest absolute Gasteiger partial charge is 0.507 e. The molecular weight excluding hydrogens is 452 g/mol. The van der Waals surface area contributed by atoms with Crippen LogP contribution >= 0.6 is 0 Å². The normalized spacial score (nSPS) is 25.6. The van der Waals surface area contributed by atoms with E-state index in [2.05, 4.69) is 34.3 Å². The number of pyridine rings is 1. The maximum Gasteiger partial charge on any atom is 0.253 e. The summed E-state index contributed by atoms with van der Waals surface area (Å²) in [7, 11) is 2.02. The van der Waals surface area contributed by atoms with E-state index in [0.717, 1.165) is 29.3 Å². The molecule has 5 rings (SSSR count). The molecule has 2 saturated heterocycles. The highest BCUT2D eigenvalue weighted by molar-refractivity contribution is 5.74. The standard InChI is InChI=1S/C26H29F2N5O2/c1-15-8-17-10-18(13-26(15,2)29-17)32(3)24-5-4-22(30-31-24)20-11-21(28)19(12-23(20)34)16-6-7-33(14-27)25(35)9-16/h4-7,9,11-12,15,17-18,29,34H,8,10,13-14H2,1-3H3. The Morgan fingerprint density at radius 2 is 2.00 bits per heavy atom. The van der Waals surface area contributed by atoms with Gasteiger partial charge in [-0.3, -0.25) is 9.36 Å². The van der Waals surface area contributed by atoms with E-state index in [1.165, 1.54) is 30.8 Å². The summed E-state index contributed by atoms with van der Waals surface area (Å²) in [5.74, 6) is 0.524. The lowest BCUT2D eigenvalue weighted by Crippen LogP contribution is -2.54. The summed E-state index contributed by atoms with van der Waals surface area (Å²) >= 11 is 0. The molecule has 2 aliphatic heterocycles. The molecule has 3 aromatic rings. The molecular formula is C26H29F2N5O2. The first-order valence-corrected chi connectivity index (χ1v) is 11.8. The van der Waals surface area contributed by atoms with Gasteiger partial charge in [0.25, 0.3) is 5.56 Å². The van der Waals surface area contributed by atoms with Crippen LogP contribution in [-0.4, -0.2) is 44.5 Å². The van der Waals surface area contributed by atoms with E-state index in [4.69, 9.17) is 0 Å². The third-order valence-electron chi connectivity index (χ3n) is 7.83. The molecule has 9 heteroatoms. The molecule has 2 aliphatic rings. The number of aromatic hydroxyl groups is 1. The second-order valence-corrected chi connectivity index (χ2v) is 10.1. The van der Waals surface area contributed by atoms with Gasteiger partial charge in [-0.15, -0.1) is 10.2 Å². The number of fused-ring (bicyclic) bond motifs is 2. The molecule has 4 unspecified atom stereocenters. The molecule has 1 aromatic carbocycles.